The Morgan fingerprint density at radius 2 is 2.16 bits per heavy atom. The maximum atomic E-state index is 13.7. The Bertz CT molecular complexity index is 1010. The molecule has 3 heterocycles. The van der Waals surface area contributed by atoms with Crippen LogP contribution in [-0.2, 0) is 16.1 Å². The van der Waals surface area contributed by atoms with Crippen LogP contribution in [0.2, 0.25) is 0 Å². The van der Waals surface area contributed by atoms with Gasteiger partial charge in [-0.2, -0.15) is 0 Å². The Kier molecular flexibility index (Phi) is 5.52. The zero-order chi connectivity index (χ0) is 22.3. The first-order chi connectivity index (χ1) is 14.7. The zero-order valence-corrected chi connectivity index (χ0v) is 17.2. The second-order valence-electron chi connectivity index (χ2n) is 7.81. The first kappa shape index (κ1) is 21.0. The number of anilines is 2. The molecule has 1 fully saturated rings. The fourth-order valence-electron chi connectivity index (χ4n) is 3.84. The number of nitrogens with two attached hydrogens (primary N) is 1. The monoisotopic (exact) mass is 434 g/mol. The quantitative estimate of drug-likeness (QED) is 0.731. The van der Waals surface area contributed by atoms with Crippen molar-refractivity contribution in [3.63, 3.8) is 0 Å². The summed E-state index contributed by atoms with van der Waals surface area (Å²) in [5.41, 5.74) is 6.61. The van der Waals surface area contributed by atoms with Gasteiger partial charge < -0.3 is 20.4 Å². The van der Waals surface area contributed by atoms with Crippen molar-refractivity contribution in [3.05, 3.63) is 24.4 Å². The molecule has 2 aromatic rings. The van der Waals surface area contributed by atoms with Crippen molar-refractivity contribution < 1.29 is 23.1 Å². The number of halogens is 2. The van der Waals surface area contributed by atoms with Crippen LogP contribution in [0.5, 0.6) is 5.75 Å². The highest BCUT2D eigenvalue weighted by molar-refractivity contribution is 5.95. The van der Waals surface area contributed by atoms with Gasteiger partial charge >= 0.3 is 0 Å². The lowest BCUT2D eigenvalue weighted by atomic mass is 10.1. The number of amides is 2. The van der Waals surface area contributed by atoms with Crippen molar-refractivity contribution in [2.75, 3.05) is 37.0 Å². The maximum Gasteiger partial charge on any atom is 0.260 e. The average Bonchev–Trinajstić information content (AvgIpc) is 3.03. The molecule has 0 spiro atoms. The molecule has 0 radical (unpaired) electrons. The molecule has 1 aromatic heterocycles. The minimum atomic E-state index is -2.69. The Hall–Kier alpha value is -3.21. The summed E-state index contributed by atoms with van der Waals surface area (Å²) in [7, 11) is 1.64. The van der Waals surface area contributed by atoms with E-state index in [0.717, 1.165) is 4.90 Å². The third-order valence-corrected chi connectivity index (χ3v) is 5.43. The molecule has 2 amide bonds. The lowest BCUT2D eigenvalue weighted by molar-refractivity contribution is -0.123. The smallest absolute Gasteiger partial charge is 0.260 e. The number of rotatable bonds is 5. The van der Waals surface area contributed by atoms with E-state index in [9.17, 15) is 18.4 Å². The van der Waals surface area contributed by atoms with Crippen LogP contribution in [-0.4, -0.2) is 71.5 Å². The van der Waals surface area contributed by atoms with Crippen LogP contribution in [0.15, 0.2) is 24.4 Å². The van der Waals surface area contributed by atoms with Gasteiger partial charge in [-0.1, -0.05) is 0 Å². The topological polar surface area (TPSA) is 106 Å². The SMILES string of the molecule is CC(Nc1ccc2c(c1)OCCn1cc(N3C(=O)CN(C)C[C@H]3C(F)F)nc1-2)C(N)=O. The predicted molar refractivity (Wildman–Crippen MR) is 110 cm³/mol. The first-order valence-electron chi connectivity index (χ1n) is 9.93. The van der Waals surface area contributed by atoms with E-state index < -0.39 is 30.3 Å². The highest BCUT2D eigenvalue weighted by atomic mass is 19.3. The van der Waals surface area contributed by atoms with Gasteiger partial charge in [-0.05, 0) is 26.1 Å². The highest BCUT2D eigenvalue weighted by Gasteiger charge is 2.39. The van der Waals surface area contributed by atoms with E-state index in [1.807, 2.05) is 0 Å². The van der Waals surface area contributed by atoms with Gasteiger partial charge in [0, 0.05) is 24.5 Å². The summed E-state index contributed by atoms with van der Waals surface area (Å²) in [4.78, 5) is 31.1. The lowest BCUT2D eigenvalue weighted by Crippen LogP contribution is -2.58. The Labute approximate surface area is 177 Å². The van der Waals surface area contributed by atoms with Gasteiger partial charge in [0.2, 0.25) is 11.8 Å². The Balaban J connectivity index is 1.69. The van der Waals surface area contributed by atoms with Crippen molar-refractivity contribution in [3.8, 4) is 17.1 Å². The summed E-state index contributed by atoms with van der Waals surface area (Å²) >= 11 is 0. The van der Waals surface area contributed by atoms with Crippen LogP contribution in [0, 0.1) is 0 Å². The summed E-state index contributed by atoms with van der Waals surface area (Å²) in [6, 6.07) is 3.45. The number of primary amides is 1. The van der Waals surface area contributed by atoms with Crippen molar-refractivity contribution in [1.82, 2.24) is 14.5 Å². The molecule has 2 aliphatic rings. The summed E-state index contributed by atoms with van der Waals surface area (Å²) < 4.78 is 35.0. The van der Waals surface area contributed by atoms with Crippen LogP contribution in [0.1, 0.15) is 6.92 Å². The Morgan fingerprint density at radius 1 is 1.39 bits per heavy atom. The number of carbonyl (C=O) groups is 2. The lowest BCUT2D eigenvalue weighted by Gasteiger charge is -2.37. The van der Waals surface area contributed by atoms with E-state index in [-0.39, 0.29) is 18.9 Å². The first-order valence-corrected chi connectivity index (χ1v) is 9.93. The van der Waals surface area contributed by atoms with Crippen molar-refractivity contribution in [2.24, 2.45) is 5.73 Å². The molecular weight excluding hydrogens is 410 g/mol. The molecule has 0 aliphatic carbocycles. The van der Waals surface area contributed by atoms with Crippen LogP contribution >= 0.6 is 0 Å². The summed E-state index contributed by atoms with van der Waals surface area (Å²) in [6.07, 6.45) is -1.07. The molecule has 0 saturated carbocycles. The molecule has 31 heavy (non-hydrogen) atoms. The largest absolute Gasteiger partial charge is 0.491 e. The molecule has 1 saturated heterocycles. The van der Waals surface area contributed by atoms with Gasteiger partial charge in [0.05, 0.1) is 18.7 Å². The predicted octanol–water partition coefficient (Wildman–Crippen LogP) is 1.14. The molecule has 2 aliphatic heterocycles. The van der Waals surface area contributed by atoms with E-state index in [0.29, 0.717) is 36.0 Å². The van der Waals surface area contributed by atoms with Crippen LogP contribution < -0.4 is 20.7 Å². The summed E-state index contributed by atoms with van der Waals surface area (Å²) in [5, 5.41) is 3.00. The van der Waals surface area contributed by atoms with E-state index in [1.54, 1.807) is 47.8 Å². The van der Waals surface area contributed by atoms with Gasteiger partial charge in [0.1, 0.15) is 30.3 Å². The van der Waals surface area contributed by atoms with Gasteiger partial charge in [0.15, 0.2) is 5.82 Å². The second kappa shape index (κ2) is 8.14. The number of alkyl halides is 2. The van der Waals surface area contributed by atoms with E-state index >= 15 is 0 Å². The number of fused-ring (bicyclic) bond motifs is 3. The van der Waals surface area contributed by atoms with Gasteiger partial charge in [-0.3, -0.25) is 19.4 Å². The van der Waals surface area contributed by atoms with Crippen LogP contribution in [0.25, 0.3) is 11.4 Å². The standard InChI is InChI=1S/C20H24F2N6O3/c1-11(19(23)30)24-12-3-4-13-15(7-12)31-6-5-27-9-16(25-20(13)27)28-14(18(21)22)8-26(2)10-17(28)29/h3-4,7,9,11,14,18,24H,5-6,8,10H2,1-2H3,(H2,23,30)/t11?,14-/m0/s1. The van der Waals surface area contributed by atoms with Crippen molar-refractivity contribution in [1.29, 1.82) is 0 Å². The molecule has 3 N–H and O–H groups in total. The molecule has 11 heteroatoms. The van der Waals surface area contributed by atoms with Crippen LogP contribution in [0.3, 0.4) is 0 Å². The van der Waals surface area contributed by atoms with Crippen LogP contribution in [0.4, 0.5) is 20.3 Å². The Morgan fingerprint density at radius 3 is 2.87 bits per heavy atom. The molecule has 2 atom stereocenters. The van der Waals surface area contributed by atoms with E-state index in [2.05, 4.69) is 10.3 Å². The number of imidazole rings is 1. The number of nitrogens with one attached hydrogen (secondary N) is 1. The molecule has 0 bridgehead atoms. The highest BCUT2D eigenvalue weighted by Crippen LogP contribution is 2.36. The number of nitrogens with zero attached hydrogens (tertiary/aromatic N) is 4. The maximum absolute atomic E-state index is 13.7. The molecule has 1 unspecified atom stereocenters. The molecule has 4 rings (SSSR count). The third kappa shape index (κ3) is 4.05. The zero-order valence-electron chi connectivity index (χ0n) is 17.2. The summed E-state index contributed by atoms with van der Waals surface area (Å²) in [6.45, 7) is 2.55. The van der Waals surface area contributed by atoms with Crippen molar-refractivity contribution >= 4 is 23.3 Å². The number of hydrogen-bond acceptors (Lipinski definition) is 6. The normalized spacial score (nSPS) is 20.0. The number of aromatic nitrogens is 2. The van der Waals surface area contributed by atoms with Crippen molar-refractivity contribution in [2.45, 2.75) is 32.0 Å². The number of benzene rings is 1. The van der Waals surface area contributed by atoms with Gasteiger partial charge in [-0.25, -0.2) is 13.8 Å². The van der Waals surface area contributed by atoms with Gasteiger partial charge in [0.25, 0.3) is 6.43 Å². The number of carbonyl (C=O) groups excluding carboxylic acids is 2. The number of likely N-dealkylation sites (N-methyl/N-ethyl adjacent to an activating group) is 1. The van der Waals surface area contributed by atoms with E-state index in [4.69, 9.17) is 10.5 Å². The van der Waals surface area contributed by atoms with Gasteiger partial charge in [-0.15, -0.1) is 0 Å². The average molecular weight is 434 g/mol. The molecule has 1 aromatic carbocycles. The summed E-state index contributed by atoms with van der Waals surface area (Å²) in [5.74, 6) is 0.366. The van der Waals surface area contributed by atoms with E-state index in [1.165, 1.54) is 0 Å². The third-order valence-electron chi connectivity index (χ3n) is 5.43. The number of piperazine rings is 1. The minimum absolute atomic E-state index is 0.0538. The molecule has 166 valence electrons. The fourth-order valence-corrected chi connectivity index (χ4v) is 3.84. The molecule has 9 nitrogen and oxygen atoms in total. The minimum Gasteiger partial charge on any atom is -0.491 e. The number of hydrogen-bond donors (Lipinski definition) is 2. The number of ether oxygens (including phenoxy) is 1. The second-order valence-corrected chi connectivity index (χ2v) is 7.81. The molecular formula is C20H24F2N6O3. The fraction of sp³-hybridized carbons (Fsp3) is 0.450.